The highest BCUT2D eigenvalue weighted by Gasteiger charge is 2.24. The van der Waals surface area contributed by atoms with Crippen molar-refractivity contribution in [1.29, 1.82) is 0 Å². The van der Waals surface area contributed by atoms with Gasteiger partial charge in [-0.1, -0.05) is 58.7 Å². The predicted molar refractivity (Wildman–Crippen MR) is 98.2 cm³/mol. The van der Waals surface area contributed by atoms with Crippen molar-refractivity contribution in [2.45, 2.75) is 72.1 Å². The number of hydrogen-bond acceptors (Lipinski definition) is 2. The summed E-state index contributed by atoms with van der Waals surface area (Å²) in [5, 5.41) is 4.93. The first kappa shape index (κ1) is 19.0. The van der Waals surface area contributed by atoms with Crippen LogP contribution in [0.1, 0.15) is 77.8 Å². The van der Waals surface area contributed by atoms with Gasteiger partial charge in [-0.15, -0.1) is 0 Å². The maximum atomic E-state index is 5.95. The van der Waals surface area contributed by atoms with Gasteiger partial charge < -0.3 is 0 Å². The first-order valence-electron chi connectivity index (χ1n) is 8.34. The van der Waals surface area contributed by atoms with Crippen LogP contribution in [0.5, 0.6) is 0 Å². The zero-order valence-electron chi connectivity index (χ0n) is 14.5. The first-order chi connectivity index (χ1) is 10.4. The molecule has 1 heterocycles. The Kier molecular flexibility index (Phi) is 7.34. The monoisotopic (exact) mass is 323 g/mol. The molecule has 0 N–H and O–H groups in total. The van der Waals surface area contributed by atoms with Crippen LogP contribution in [0.15, 0.2) is 17.6 Å². The fourth-order valence-electron chi connectivity index (χ4n) is 3.10. The average Bonchev–Trinajstić information content (AvgIpc) is 2.90. The Hall–Kier alpha value is -1.09. The lowest BCUT2D eigenvalue weighted by molar-refractivity contribution is 0.255. The van der Waals surface area contributed by atoms with Crippen molar-refractivity contribution in [3.8, 4) is 0 Å². The standard InChI is InChI=1S/C16H24ClN3.C2H6/c1-12(17)20-15(18-4)11-14(19-20)13-7-5-9-16(2,3)10-6-8-13;1-2/h11,13H,1,4-10H2,2-3H3;1-2H3. The van der Waals surface area contributed by atoms with Crippen LogP contribution in [0.3, 0.4) is 0 Å². The minimum atomic E-state index is 0.366. The largest absolute Gasteiger partial charge is 0.245 e. The van der Waals surface area contributed by atoms with Crippen molar-refractivity contribution in [3.63, 3.8) is 0 Å². The third-order valence-corrected chi connectivity index (χ3v) is 4.49. The van der Waals surface area contributed by atoms with Gasteiger partial charge in [-0.2, -0.15) is 5.10 Å². The van der Waals surface area contributed by atoms with E-state index in [-0.39, 0.29) is 0 Å². The van der Waals surface area contributed by atoms with E-state index in [1.54, 1.807) is 4.68 Å². The lowest BCUT2D eigenvalue weighted by Crippen LogP contribution is -2.15. The molecule has 1 aliphatic rings. The van der Waals surface area contributed by atoms with Crippen molar-refractivity contribution in [1.82, 2.24) is 9.78 Å². The summed E-state index contributed by atoms with van der Waals surface area (Å²) in [7, 11) is 0. The second kappa shape index (κ2) is 8.52. The van der Waals surface area contributed by atoms with Crippen molar-refractivity contribution in [2.24, 2.45) is 10.4 Å². The van der Waals surface area contributed by atoms with Gasteiger partial charge >= 0.3 is 0 Å². The van der Waals surface area contributed by atoms with Crippen LogP contribution in [0, 0.1) is 5.41 Å². The van der Waals surface area contributed by atoms with Crippen LogP contribution < -0.4 is 0 Å². The first-order valence-corrected chi connectivity index (χ1v) is 8.72. The highest BCUT2D eigenvalue weighted by atomic mass is 35.5. The van der Waals surface area contributed by atoms with Gasteiger partial charge in [0, 0.05) is 12.0 Å². The number of hydrogen-bond donors (Lipinski definition) is 0. The minimum absolute atomic E-state index is 0.366. The SMILES string of the molecule is C=Nc1cc(C2CCCC(C)(C)CCC2)nn1C(=C)Cl.CC. The van der Waals surface area contributed by atoms with Gasteiger partial charge in [-0.3, -0.25) is 0 Å². The molecule has 1 aliphatic carbocycles. The molecule has 0 atom stereocenters. The third-order valence-electron chi connectivity index (χ3n) is 4.33. The van der Waals surface area contributed by atoms with Gasteiger partial charge in [0.2, 0.25) is 0 Å². The summed E-state index contributed by atoms with van der Waals surface area (Å²) >= 11 is 5.95. The van der Waals surface area contributed by atoms with Crippen molar-refractivity contribution < 1.29 is 0 Å². The van der Waals surface area contributed by atoms with Crippen LogP contribution in [0.25, 0.3) is 5.16 Å². The lowest BCUT2D eigenvalue weighted by atomic mass is 9.77. The van der Waals surface area contributed by atoms with Crippen LogP contribution in [0.4, 0.5) is 5.82 Å². The molecule has 4 heteroatoms. The molecule has 0 aliphatic heterocycles. The molecule has 1 saturated carbocycles. The number of rotatable bonds is 3. The van der Waals surface area contributed by atoms with Gasteiger partial charge in [0.15, 0.2) is 5.82 Å². The maximum absolute atomic E-state index is 5.95. The van der Waals surface area contributed by atoms with E-state index in [1.165, 1.54) is 38.5 Å². The van der Waals surface area contributed by atoms with Gasteiger partial charge in [0.05, 0.1) is 5.69 Å². The zero-order chi connectivity index (χ0) is 16.8. The Morgan fingerprint density at radius 1 is 1.32 bits per heavy atom. The van der Waals surface area contributed by atoms with Gasteiger partial charge in [-0.05, 0) is 37.8 Å². The summed E-state index contributed by atoms with van der Waals surface area (Å²) in [6.07, 6.45) is 7.46. The third kappa shape index (κ3) is 4.98. The molecule has 0 unspecified atom stereocenters. The normalized spacial score (nSPS) is 18.6. The molecular weight excluding hydrogens is 294 g/mol. The van der Waals surface area contributed by atoms with E-state index in [9.17, 15) is 0 Å². The van der Waals surface area contributed by atoms with Crippen molar-refractivity contribution in [2.75, 3.05) is 0 Å². The molecule has 1 aromatic rings. The van der Waals surface area contributed by atoms with E-state index < -0.39 is 0 Å². The summed E-state index contributed by atoms with van der Waals surface area (Å²) in [6, 6.07) is 2.00. The lowest BCUT2D eigenvalue weighted by Gasteiger charge is -2.29. The predicted octanol–water partition coefficient (Wildman–Crippen LogP) is 6.37. The summed E-state index contributed by atoms with van der Waals surface area (Å²) in [6.45, 7) is 16.0. The molecule has 0 radical (unpaired) electrons. The quantitative estimate of drug-likeness (QED) is 0.594. The summed E-state index contributed by atoms with van der Waals surface area (Å²) < 4.78 is 1.58. The molecule has 2 rings (SSSR count). The molecule has 0 aromatic carbocycles. The summed E-state index contributed by atoms with van der Waals surface area (Å²) in [5.74, 6) is 1.19. The Bertz CT molecular complexity index is 490. The molecule has 0 bridgehead atoms. The highest BCUT2D eigenvalue weighted by molar-refractivity contribution is 6.44. The molecular formula is C18H30ClN3. The average molecular weight is 324 g/mol. The summed E-state index contributed by atoms with van der Waals surface area (Å²) in [4.78, 5) is 3.98. The number of halogens is 1. The molecule has 0 saturated heterocycles. The van der Waals surface area contributed by atoms with E-state index >= 15 is 0 Å². The maximum Gasteiger partial charge on any atom is 0.156 e. The highest BCUT2D eigenvalue weighted by Crippen LogP contribution is 2.38. The molecule has 1 fully saturated rings. The van der Waals surface area contributed by atoms with Gasteiger partial charge in [0.1, 0.15) is 5.16 Å². The Balaban J connectivity index is 0.00000116. The topological polar surface area (TPSA) is 30.2 Å². The fourth-order valence-corrected chi connectivity index (χ4v) is 3.22. The van der Waals surface area contributed by atoms with Gasteiger partial charge in [-0.25, -0.2) is 9.67 Å². The Morgan fingerprint density at radius 3 is 2.27 bits per heavy atom. The molecule has 0 spiro atoms. The molecule has 3 nitrogen and oxygen atoms in total. The van der Waals surface area contributed by atoms with Crippen molar-refractivity contribution in [3.05, 3.63) is 18.3 Å². The minimum Gasteiger partial charge on any atom is -0.245 e. The van der Waals surface area contributed by atoms with E-state index in [2.05, 4.69) is 37.2 Å². The van der Waals surface area contributed by atoms with Crippen LogP contribution >= 0.6 is 11.6 Å². The molecule has 124 valence electrons. The molecule has 22 heavy (non-hydrogen) atoms. The number of nitrogens with zero attached hydrogens (tertiary/aromatic N) is 3. The Morgan fingerprint density at radius 2 is 1.86 bits per heavy atom. The number of aromatic nitrogens is 2. The summed E-state index contributed by atoms with van der Waals surface area (Å²) in [5.41, 5.74) is 1.57. The molecule has 1 aromatic heterocycles. The smallest absolute Gasteiger partial charge is 0.156 e. The van der Waals surface area contributed by atoms with E-state index in [1.807, 2.05) is 19.9 Å². The van der Waals surface area contributed by atoms with Crippen LogP contribution in [-0.4, -0.2) is 16.5 Å². The Labute approximate surface area is 140 Å². The zero-order valence-corrected chi connectivity index (χ0v) is 15.3. The van der Waals surface area contributed by atoms with Gasteiger partial charge in [0.25, 0.3) is 0 Å². The molecule has 0 amide bonds. The van der Waals surface area contributed by atoms with Crippen LogP contribution in [0.2, 0.25) is 0 Å². The van der Waals surface area contributed by atoms with E-state index in [0.29, 0.717) is 22.3 Å². The van der Waals surface area contributed by atoms with E-state index in [4.69, 9.17) is 11.6 Å². The second-order valence-corrected chi connectivity index (χ2v) is 6.96. The van der Waals surface area contributed by atoms with Crippen molar-refractivity contribution >= 4 is 29.3 Å². The van der Waals surface area contributed by atoms with Crippen LogP contribution in [-0.2, 0) is 0 Å². The second-order valence-electron chi connectivity index (χ2n) is 6.52. The van der Waals surface area contributed by atoms with E-state index in [0.717, 1.165) is 5.69 Å². The fraction of sp³-hybridized carbons (Fsp3) is 0.667. The number of aliphatic imine (C=N–C) groups is 1.